The third kappa shape index (κ3) is 3.55. The molecule has 124 valence electrons. The van der Waals surface area contributed by atoms with Gasteiger partial charge in [-0.05, 0) is 47.4 Å². The van der Waals surface area contributed by atoms with Crippen molar-refractivity contribution in [2.45, 2.75) is 44.8 Å². The first-order chi connectivity index (χ1) is 11.9. The molecule has 0 N–H and O–H groups in total. The molecule has 0 amide bonds. The Morgan fingerprint density at radius 2 is 2.08 bits per heavy atom. The van der Waals surface area contributed by atoms with Crippen LogP contribution in [0.25, 0.3) is 11.5 Å². The highest BCUT2D eigenvalue weighted by atomic mass is 32.1. The lowest BCUT2D eigenvalue weighted by atomic mass is 10.2. The van der Waals surface area contributed by atoms with Crippen LogP contribution in [0.5, 0.6) is 0 Å². The summed E-state index contributed by atoms with van der Waals surface area (Å²) in [7, 11) is 0. The third-order valence-corrected chi connectivity index (χ3v) is 5.25. The molecule has 0 unspecified atom stereocenters. The van der Waals surface area contributed by atoms with Crippen molar-refractivity contribution in [3.05, 3.63) is 52.8 Å². The Hall–Kier alpha value is -2.05. The van der Waals surface area contributed by atoms with Crippen LogP contribution >= 0.6 is 11.3 Å². The van der Waals surface area contributed by atoms with Crippen LogP contribution in [0.1, 0.15) is 37.1 Å². The van der Waals surface area contributed by atoms with Gasteiger partial charge in [-0.25, -0.2) is 0 Å². The monoisotopic (exact) mass is 340 g/mol. The number of pyridine rings is 1. The first-order valence-corrected chi connectivity index (χ1v) is 9.31. The van der Waals surface area contributed by atoms with Crippen molar-refractivity contribution in [2.24, 2.45) is 0 Å². The topological polar surface area (TPSA) is 55.1 Å². The molecule has 0 radical (unpaired) electrons. The molecule has 4 rings (SSSR count). The summed E-state index contributed by atoms with van der Waals surface area (Å²) < 4.78 is 5.88. The van der Waals surface area contributed by atoms with Crippen LogP contribution < -0.4 is 0 Å². The number of thiophene rings is 1. The number of rotatable bonds is 6. The highest BCUT2D eigenvalue weighted by Gasteiger charge is 2.24. The Labute approximate surface area is 145 Å². The predicted octanol–water partition coefficient (Wildman–Crippen LogP) is 4.14. The van der Waals surface area contributed by atoms with Crippen molar-refractivity contribution < 1.29 is 4.42 Å². The molecule has 0 aromatic carbocycles. The number of hydrogen-bond acceptors (Lipinski definition) is 6. The molecular weight excluding hydrogens is 320 g/mol. The van der Waals surface area contributed by atoms with Gasteiger partial charge in [0.05, 0.1) is 12.1 Å². The summed E-state index contributed by atoms with van der Waals surface area (Å²) in [6, 6.07) is 6.62. The molecule has 5 nitrogen and oxygen atoms in total. The van der Waals surface area contributed by atoms with Crippen LogP contribution in [0, 0.1) is 0 Å². The quantitative estimate of drug-likeness (QED) is 0.675. The lowest BCUT2D eigenvalue weighted by molar-refractivity contribution is 0.164. The summed E-state index contributed by atoms with van der Waals surface area (Å²) in [5.74, 6) is 1.22. The van der Waals surface area contributed by atoms with Gasteiger partial charge in [-0.2, -0.15) is 11.3 Å². The zero-order valence-electron chi connectivity index (χ0n) is 13.5. The van der Waals surface area contributed by atoms with E-state index in [0.29, 0.717) is 24.4 Å². The van der Waals surface area contributed by atoms with Crippen molar-refractivity contribution in [3.63, 3.8) is 0 Å². The molecule has 1 aliphatic rings. The van der Waals surface area contributed by atoms with Crippen molar-refractivity contribution in [2.75, 3.05) is 0 Å². The van der Waals surface area contributed by atoms with E-state index in [4.69, 9.17) is 4.42 Å². The van der Waals surface area contributed by atoms with E-state index in [1.165, 1.54) is 31.2 Å². The minimum atomic E-state index is 0.542. The molecule has 3 heterocycles. The highest BCUT2D eigenvalue weighted by molar-refractivity contribution is 7.07. The molecule has 24 heavy (non-hydrogen) atoms. The second-order valence-corrected chi connectivity index (χ2v) is 7.00. The van der Waals surface area contributed by atoms with Gasteiger partial charge in [0.2, 0.25) is 11.8 Å². The van der Waals surface area contributed by atoms with Gasteiger partial charge in [-0.1, -0.05) is 12.8 Å². The minimum absolute atomic E-state index is 0.542. The molecule has 6 heteroatoms. The number of aromatic nitrogens is 3. The van der Waals surface area contributed by atoms with Crippen LogP contribution in [0.4, 0.5) is 0 Å². The second kappa shape index (κ2) is 7.23. The largest absolute Gasteiger partial charge is 0.419 e. The van der Waals surface area contributed by atoms with Crippen LogP contribution in [0.3, 0.4) is 0 Å². The molecule has 0 aliphatic heterocycles. The number of hydrogen-bond donors (Lipinski definition) is 0. The van der Waals surface area contributed by atoms with Gasteiger partial charge in [0.25, 0.3) is 0 Å². The summed E-state index contributed by atoms with van der Waals surface area (Å²) in [4.78, 5) is 6.59. The zero-order chi connectivity index (χ0) is 16.2. The Kier molecular flexibility index (Phi) is 4.66. The molecule has 0 bridgehead atoms. The first kappa shape index (κ1) is 15.5. The molecule has 0 saturated heterocycles. The van der Waals surface area contributed by atoms with Crippen molar-refractivity contribution in [1.29, 1.82) is 0 Å². The average Bonchev–Trinajstić information content (AvgIpc) is 3.38. The van der Waals surface area contributed by atoms with Crippen LogP contribution in [0.15, 0.2) is 45.8 Å². The summed E-state index contributed by atoms with van der Waals surface area (Å²) in [5.41, 5.74) is 2.22. The van der Waals surface area contributed by atoms with Gasteiger partial charge < -0.3 is 4.42 Å². The first-order valence-electron chi connectivity index (χ1n) is 8.36. The SMILES string of the molecule is c1cncc(-c2nnc(CN(Cc3ccsc3)C3CCCC3)o2)c1. The van der Waals surface area contributed by atoms with Crippen LogP contribution in [-0.4, -0.2) is 26.1 Å². The Morgan fingerprint density at radius 3 is 2.83 bits per heavy atom. The molecule has 0 atom stereocenters. The molecule has 1 fully saturated rings. The van der Waals surface area contributed by atoms with Gasteiger partial charge in [-0.15, -0.1) is 10.2 Å². The number of nitrogens with zero attached hydrogens (tertiary/aromatic N) is 4. The van der Waals surface area contributed by atoms with Crippen LogP contribution in [0.2, 0.25) is 0 Å². The van der Waals surface area contributed by atoms with Gasteiger partial charge in [0.15, 0.2) is 0 Å². The smallest absolute Gasteiger partial charge is 0.249 e. The maximum Gasteiger partial charge on any atom is 0.249 e. The van der Waals surface area contributed by atoms with E-state index in [1.54, 1.807) is 23.7 Å². The zero-order valence-corrected chi connectivity index (χ0v) is 14.3. The average molecular weight is 340 g/mol. The van der Waals surface area contributed by atoms with E-state index in [-0.39, 0.29) is 0 Å². The van der Waals surface area contributed by atoms with E-state index in [9.17, 15) is 0 Å². The Bertz CT molecular complexity index is 750. The van der Waals surface area contributed by atoms with Gasteiger partial charge >= 0.3 is 0 Å². The van der Waals surface area contributed by atoms with Gasteiger partial charge in [0.1, 0.15) is 0 Å². The fourth-order valence-electron chi connectivity index (χ4n) is 3.30. The van der Waals surface area contributed by atoms with E-state index < -0.39 is 0 Å². The lowest BCUT2D eigenvalue weighted by Gasteiger charge is -2.27. The van der Waals surface area contributed by atoms with Crippen molar-refractivity contribution in [3.8, 4) is 11.5 Å². The van der Waals surface area contributed by atoms with E-state index in [2.05, 4.69) is 36.9 Å². The summed E-state index contributed by atoms with van der Waals surface area (Å²) in [5, 5.41) is 12.8. The molecular formula is C18H20N4OS. The third-order valence-electron chi connectivity index (χ3n) is 4.52. The van der Waals surface area contributed by atoms with Gasteiger partial charge in [-0.3, -0.25) is 9.88 Å². The maximum absolute atomic E-state index is 5.88. The normalized spacial score (nSPS) is 15.4. The summed E-state index contributed by atoms with van der Waals surface area (Å²) >= 11 is 1.75. The lowest BCUT2D eigenvalue weighted by Crippen LogP contribution is -2.32. The molecule has 3 aromatic heterocycles. The van der Waals surface area contributed by atoms with E-state index in [0.717, 1.165) is 12.1 Å². The second-order valence-electron chi connectivity index (χ2n) is 6.22. The van der Waals surface area contributed by atoms with Crippen molar-refractivity contribution >= 4 is 11.3 Å². The van der Waals surface area contributed by atoms with E-state index in [1.807, 2.05) is 12.1 Å². The highest BCUT2D eigenvalue weighted by Crippen LogP contribution is 2.27. The molecule has 1 aliphatic carbocycles. The summed E-state index contributed by atoms with van der Waals surface area (Å²) in [6.07, 6.45) is 8.63. The molecule has 0 spiro atoms. The molecule has 3 aromatic rings. The molecule has 1 saturated carbocycles. The fourth-order valence-corrected chi connectivity index (χ4v) is 3.96. The van der Waals surface area contributed by atoms with Crippen molar-refractivity contribution in [1.82, 2.24) is 20.1 Å². The van der Waals surface area contributed by atoms with E-state index >= 15 is 0 Å². The summed E-state index contributed by atoms with van der Waals surface area (Å²) in [6.45, 7) is 1.65. The minimum Gasteiger partial charge on any atom is -0.419 e. The Morgan fingerprint density at radius 1 is 1.17 bits per heavy atom. The Balaban J connectivity index is 1.50. The standard InChI is InChI=1S/C18H20N4OS/c1-2-6-16(5-1)22(11-14-7-9-24-13-14)12-17-20-21-18(23-17)15-4-3-8-19-10-15/h3-4,7-10,13,16H,1-2,5-6,11-12H2. The van der Waals surface area contributed by atoms with Gasteiger partial charge in [0, 0.05) is 25.0 Å². The van der Waals surface area contributed by atoms with Crippen LogP contribution in [-0.2, 0) is 13.1 Å². The maximum atomic E-state index is 5.88. The predicted molar refractivity (Wildman–Crippen MR) is 93.4 cm³/mol. The fraction of sp³-hybridized carbons (Fsp3) is 0.389.